The van der Waals surface area contributed by atoms with Crippen LogP contribution in [0.3, 0.4) is 0 Å². The van der Waals surface area contributed by atoms with Crippen LogP contribution in [0.25, 0.3) is 4.85 Å². The average Bonchev–Trinajstić information content (AvgIpc) is 2.01. The van der Waals surface area contributed by atoms with Crippen LogP contribution in [0.15, 0.2) is 16.6 Å². The van der Waals surface area contributed by atoms with Crippen molar-refractivity contribution in [2.45, 2.75) is 0 Å². The molecule has 0 aliphatic carbocycles. The predicted molar refractivity (Wildman–Crippen MR) is 44.8 cm³/mol. The summed E-state index contributed by atoms with van der Waals surface area (Å²) in [5.74, 6) is -0.571. The van der Waals surface area contributed by atoms with E-state index in [0.717, 1.165) is 0 Å². The molecule has 0 saturated carbocycles. The molecule has 0 spiro atoms. The molecule has 0 amide bonds. The fourth-order valence-electron chi connectivity index (χ4n) is 0.654. The normalized spacial score (nSPS) is 9.18. The number of nitrogen functional groups attached to an aromatic ring is 1. The summed E-state index contributed by atoms with van der Waals surface area (Å²) in [5, 5.41) is 0. The van der Waals surface area contributed by atoms with E-state index in [4.69, 9.17) is 12.3 Å². The fraction of sp³-hybridized carbons (Fsp3) is 0. The van der Waals surface area contributed by atoms with Gasteiger partial charge in [-0.05, 0) is 15.9 Å². The van der Waals surface area contributed by atoms with E-state index in [1.165, 1.54) is 12.1 Å². The summed E-state index contributed by atoms with van der Waals surface area (Å²) in [4.78, 5) is 3.04. The molecule has 0 unspecified atom stereocenters. The Balaban J connectivity index is 3.40. The molecule has 1 aromatic carbocycles. The number of hydrogen-bond acceptors (Lipinski definition) is 1. The van der Waals surface area contributed by atoms with Crippen molar-refractivity contribution in [3.63, 3.8) is 0 Å². The first kappa shape index (κ1) is 8.02. The van der Waals surface area contributed by atoms with Gasteiger partial charge in [-0.3, -0.25) is 0 Å². The van der Waals surface area contributed by atoms with Crippen LogP contribution >= 0.6 is 15.9 Å². The summed E-state index contributed by atoms with van der Waals surface area (Å²) < 4.78 is 13.1. The van der Waals surface area contributed by atoms with Gasteiger partial charge in [0.15, 0.2) is 0 Å². The molecule has 56 valence electrons. The van der Waals surface area contributed by atoms with E-state index in [1.54, 1.807) is 0 Å². The molecule has 1 rings (SSSR count). The molecule has 1 aromatic rings. The highest BCUT2D eigenvalue weighted by Gasteiger charge is 2.07. The molecule has 2 N–H and O–H groups in total. The number of halogens is 2. The molecule has 0 aliphatic heterocycles. The fourth-order valence-corrected chi connectivity index (χ4v) is 0.999. The predicted octanol–water partition coefficient (Wildman–Crippen LogP) is 2.72. The van der Waals surface area contributed by atoms with Crippen LogP contribution in [-0.2, 0) is 0 Å². The minimum Gasteiger partial charge on any atom is -0.405 e. The highest BCUT2D eigenvalue weighted by Crippen LogP contribution is 2.29. The van der Waals surface area contributed by atoms with Gasteiger partial charge in [0.25, 0.3) is 0 Å². The van der Waals surface area contributed by atoms with Crippen LogP contribution in [0, 0.1) is 12.4 Å². The van der Waals surface area contributed by atoms with Gasteiger partial charge < -0.3 is 5.73 Å². The van der Waals surface area contributed by atoms with Gasteiger partial charge in [-0.25, -0.2) is 9.24 Å². The van der Waals surface area contributed by atoms with Crippen molar-refractivity contribution in [3.05, 3.63) is 33.8 Å². The molecule has 0 bridgehead atoms. The van der Waals surface area contributed by atoms with E-state index in [-0.39, 0.29) is 15.8 Å². The summed E-state index contributed by atoms with van der Waals surface area (Å²) in [6.07, 6.45) is 0. The van der Waals surface area contributed by atoms with E-state index < -0.39 is 5.82 Å². The Morgan fingerprint density at radius 1 is 1.55 bits per heavy atom. The Bertz CT molecular complexity index is 330. The molecule has 0 aromatic heterocycles. The molecule has 0 radical (unpaired) electrons. The van der Waals surface area contributed by atoms with Crippen molar-refractivity contribution in [1.29, 1.82) is 0 Å². The standard InChI is InChI=1S/C7H4BrFN2/c1-11-5-3-2-4(8)6(9)7(5)10/h2-3H,10H2. The molecule has 0 aliphatic rings. The number of nitrogens with two attached hydrogens (primary N) is 1. The second-order valence-electron chi connectivity index (χ2n) is 1.91. The Morgan fingerprint density at radius 3 is 2.73 bits per heavy atom. The Hall–Kier alpha value is -1.08. The summed E-state index contributed by atoms with van der Waals surface area (Å²) in [6, 6.07) is 2.93. The van der Waals surface area contributed by atoms with Crippen LogP contribution < -0.4 is 5.73 Å². The van der Waals surface area contributed by atoms with E-state index in [2.05, 4.69) is 20.8 Å². The molecule has 0 atom stereocenters. The SMILES string of the molecule is [C-]#[N+]c1ccc(Br)c(F)c1N. The third-order valence-corrected chi connectivity index (χ3v) is 1.84. The smallest absolute Gasteiger partial charge is 0.212 e. The quantitative estimate of drug-likeness (QED) is 0.523. The second kappa shape index (κ2) is 2.89. The first-order chi connectivity index (χ1) is 5.16. The van der Waals surface area contributed by atoms with Crippen LogP contribution in [0.1, 0.15) is 0 Å². The van der Waals surface area contributed by atoms with Gasteiger partial charge in [0.2, 0.25) is 5.69 Å². The zero-order chi connectivity index (χ0) is 8.43. The van der Waals surface area contributed by atoms with Gasteiger partial charge in [0.05, 0.1) is 16.7 Å². The highest BCUT2D eigenvalue weighted by atomic mass is 79.9. The maximum atomic E-state index is 12.9. The molecular formula is C7H4BrFN2. The Labute approximate surface area is 71.8 Å². The van der Waals surface area contributed by atoms with E-state index in [1.807, 2.05) is 0 Å². The maximum absolute atomic E-state index is 12.9. The van der Waals surface area contributed by atoms with Crippen LogP contribution in [-0.4, -0.2) is 0 Å². The van der Waals surface area contributed by atoms with E-state index in [0.29, 0.717) is 0 Å². The molecule has 4 heteroatoms. The number of rotatable bonds is 0. The summed E-state index contributed by atoms with van der Waals surface area (Å²) in [5.41, 5.74) is 5.32. The summed E-state index contributed by atoms with van der Waals surface area (Å²) in [6.45, 7) is 6.61. The van der Waals surface area contributed by atoms with Crippen molar-refractivity contribution in [1.82, 2.24) is 0 Å². The minimum absolute atomic E-state index is 0.102. The first-order valence-corrected chi connectivity index (χ1v) is 3.57. The average molecular weight is 215 g/mol. The van der Waals surface area contributed by atoms with Crippen LogP contribution in [0.5, 0.6) is 0 Å². The Morgan fingerprint density at radius 2 is 2.18 bits per heavy atom. The largest absolute Gasteiger partial charge is 0.405 e. The third kappa shape index (κ3) is 1.33. The summed E-state index contributed by atoms with van der Waals surface area (Å²) >= 11 is 2.95. The molecule has 11 heavy (non-hydrogen) atoms. The number of nitrogens with zero attached hydrogens (tertiary/aromatic N) is 1. The highest BCUT2D eigenvalue weighted by molar-refractivity contribution is 9.10. The van der Waals surface area contributed by atoms with Crippen LogP contribution in [0.2, 0.25) is 0 Å². The van der Waals surface area contributed by atoms with Gasteiger partial charge in [-0.2, -0.15) is 0 Å². The van der Waals surface area contributed by atoms with E-state index in [9.17, 15) is 4.39 Å². The maximum Gasteiger partial charge on any atom is 0.212 e. The monoisotopic (exact) mass is 214 g/mol. The lowest BCUT2D eigenvalue weighted by Crippen LogP contribution is -1.90. The topological polar surface area (TPSA) is 30.4 Å². The van der Waals surface area contributed by atoms with Gasteiger partial charge in [0.1, 0.15) is 5.82 Å². The lowest BCUT2D eigenvalue weighted by molar-refractivity contribution is 0.626. The van der Waals surface area contributed by atoms with Gasteiger partial charge in [-0.1, -0.05) is 12.1 Å². The second-order valence-corrected chi connectivity index (χ2v) is 2.76. The van der Waals surface area contributed by atoms with Crippen molar-refractivity contribution < 1.29 is 4.39 Å². The number of benzene rings is 1. The van der Waals surface area contributed by atoms with Crippen molar-refractivity contribution in [2.75, 3.05) is 5.73 Å². The molecular weight excluding hydrogens is 211 g/mol. The van der Waals surface area contributed by atoms with Crippen molar-refractivity contribution >= 4 is 27.3 Å². The minimum atomic E-state index is -0.571. The lowest BCUT2D eigenvalue weighted by atomic mass is 10.3. The summed E-state index contributed by atoms with van der Waals surface area (Å²) in [7, 11) is 0. The van der Waals surface area contributed by atoms with Crippen molar-refractivity contribution in [3.8, 4) is 0 Å². The molecule has 0 saturated heterocycles. The zero-order valence-corrected chi connectivity index (χ0v) is 7.02. The number of hydrogen-bond donors (Lipinski definition) is 1. The van der Waals surface area contributed by atoms with E-state index >= 15 is 0 Å². The zero-order valence-electron chi connectivity index (χ0n) is 5.44. The molecule has 0 heterocycles. The van der Waals surface area contributed by atoms with Gasteiger partial charge in [0, 0.05) is 0 Å². The van der Waals surface area contributed by atoms with Crippen molar-refractivity contribution in [2.24, 2.45) is 0 Å². The third-order valence-electron chi connectivity index (χ3n) is 1.23. The first-order valence-electron chi connectivity index (χ1n) is 2.77. The number of anilines is 1. The lowest BCUT2D eigenvalue weighted by Gasteiger charge is -1.99. The van der Waals surface area contributed by atoms with Gasteiger partial charge in [-0.15, -0.1) is 0 Å². The van der Waals surface area contributed by atoms with Gasteiger partial charge >= 0.3 is 0 Å². The van der Waals surface area contributed by atoms with Crippen LogP contribution in [0.4, 0.5) is 15.8 Å². The Kier molecular flexibility index (Phi) is 2.11. The molecule has 0 fully saturated rings. The molecule has 2 nitrogen and oxygen atoms in total.